The highest BCUT2D eigenvalue weighted by atomic mass is 32.2. The SMILES string of the molecule is CS(=O)n1ccc(C(N)=O)n1. The van der Waals surface area contributed by atoms with E-state index in [0.29, 0.717) is 0 Å². The lowest BCUT2D eigenvalue weighted by atomic mass is 10.4. The van der Waals surface area contributed by atoms with E-state index in [4.69, 9.17) is 5.73 Å². The molecule has 1 aromatic rings. The van der Waals surface area contributed by atoms with Crippen molar-refractivity contribution in [3.8, 4) is 0 Å². The quantitative estimate of drug-likeness (QED) is 0.631. The maximum absolute atomic E-state index is 10.7. The van der Waals surface area contributed by atoms with Crippen molar-refractivity contribution in [2.45, 2.75) is 0 Å². The Morgan fingerprint density at radius 2 is 2.45 bits per heavy atom. The van der Waals surface area contributed by atoms with Gasteiger partial charge in [0.05, 0.1) is 0 Å². The summed E-state index contributed by atoms with van der Waals surface area (Å²) in [6.07, 6.45) is 2.90. The molecule has 0 aliphatic heterocycles. The lowest BCUT2D eigenvalue weighted by molar-refractivity contribution is 0.0995. The van der Waals surface area contributed by atoms with Gasteiger partial charge in [0.1, 0.15) is 11.0 Å². The lowest BCUT2D eigenvalue weighted by Crippen LogP contribution is -2.13. The second kappa shape index (κ2) is 2.83. The van der Waals surface area contributed by atoms with E-state index in [-0.39, 0.29) is 5.69 Å². The normalized spacial score (nSPS) is 12.8. The summed E-state index contributed by atoms with van der Waals surface area (Å²) in [6, 6.07) is 1.42. The molecule has 1 unspecified atom stereocenters. The maximum atomic E-state index is 10.7. The molecule has 1 amide bonds. The third-order valence-electron chi connectivity index (χ3n) is 1.08. The van der Waals surface area contributed by atoms with Gasteiger partial charge in [0, 0.05) is 12.5 Å². The number of carbonyl (C=O) groups is 1. The van der Waals surface area contributed by atoms with Gasteiger partial charge in [0.25, 0.3) is 5.91 Å². The Hall–Kier alpha value is -1.17. The van der Waals surface area contributed by atoms with Crippen LogP contribution < -0.4 is 5.73 Å². The molecule has 0 aliphatic carbocycles. The van der Waals surface area contributed by atoms with E-state index in [9.17, 15) is 9.00 Å². The first-order valence-corrected chi connectivity index (χ1v) is 4.32. The van der Waals surface area contributed by atoms with Gasteiger partial charge >= 0.3 is 0 Å². The molecule has 1 aromatic heterocycles. The number of aromatic nitrogens is 2. The molecule has 0 saturated carbocycles. The van der Waals surface area contributed by atoms with Crippen LogP contribution in [0.25, 0.3) is 0 Å². The predicted molar refractivity (Wildman–Crippen MR) is 40.2 cm³/mol. The van der Waals surface area contributed by atoms with Crippen LogP contribution >= 0.6 is 0 Å². The smallest absolute Gasteiger partial charge is 0.269 e. The van der Waals surface area contributed by atoms with E-state index in [0.717, 1.165) is 0 Å². The molecule has 1 atom stereocenters. The number of nitrogens with zero attached hydrogens (tertiary/aromatic N) is 2. The number of rotatable bonds is 2. The van der Waals surface area contributed by atoms with Crippen molar-refractivity contribution in [3.63, 3.8) is 0 Å². The number of hydrogen-bond acceptors (Lipinski definition) is 3. The topological polar surface area (TPSA) is 78.0 Å². The van der Waals surface area contributed by atoms with E-state index in [1.54, 1.807) is 0 Å². The predicted octanol–water partition coefficient (Wildman–Crippen LogP) is -0.876. The molecule has 1 heterocycles. The molecule has 0 aromatic carbocycles. The molecule has 60 valence electrons. The van der Waals surface area contributed by atoms with Gasteiger partial charge in [0.15, 0.2) is 5.69 Å². The van der Waals surface area contributed by atoms with Crippen molar-refractivity contribution in [2.75, 3.05) is 6.26 Å². The first-order chi connectivity index (χ1) is 5.11. The largest absolute Gasteiger partial charge is 0.364 e. The van der Waals surface area contributed by atoms with Gasteiger partial charge in [-0.3, -0.25) is 4.79 Å². The molecule has 0 fully saturated rings. The van der Waals surface area contributed by atoms with Crippen molar-refractivity contribution >= 4 is 16.9 Å². The van der Waals surface area contributed by atoms with Gasteiger partial charge in [-0.2, -0.15) is 9.19 Å². The summed E-state index contributed by atoms with van der Waals surface area (Å²) in [6.45, 7) is 0. The zero-order valence-corrected chi connectivity index (χ0v) is 6.67. The van der Waals surface area contributed by atoms with Crippen LogP contribution in [0.2, 0.25) is 0 Å². The fourth-order valence-corrected chi connectivity index (χ4v) is 1.02. The van der Waals surface area contributed by atoms with Gasteiger partial charge in [-0.25, -0.2) is 4.21 Å². The number of primary amides is 1. The third-order valence-corrected chi connectivity index (χ3v) is 1.81. The van der Waals surface area contributed by atoms with Crippen LogP contribution in [0, 0.1) is 0 Å². The monoisotopic (exact) mass is 173 g/mol. The summed E-state index contributed by atoms with van der Waals surface area (Å²) in [5.41, 5.74) is 5.04. The number of amides is 1. The fraction of sp³-hybridized carbons (Fsp3) is 0.200. The zero-order chi connectivity index (χ0) is 8.43. The second-order valence-electron chi connectivity index (χ2n) is 1.89. The Morgan fingerprint density at radius 1 is 1.82 bits per heavy atom. The molecule has 1 rings (SSSR count). The van der Waals surface area contributed by atoms with Crippen LogP contribution in [0.4, 0.5) is 0 Å². The summed E-state index contributed by atoms with van der Waals surface area (Å²) in [5, 5.41) is 3.65. The van der Waals surface area contributed by atoms with Crippen LogP contribution in [-0.2, 0) is 11.0 Å². The van der Waals surface area contributed by atoms with Crippen LogP contribution in [0.1, 0.15) is 10.5 Å². The fourth-order valence-electron chi connectivity index (χ4n) is 0.582. The van der Waals surface area contributed by atoms with Crippen LogP contribution in [-0.4, -0.2) is 25.6 Å². The van der Waals surface area contributed by atoms with Gasteiger partial charge in [-0.15, -0.1) is 0 Å². The Bertz CT molecular complexity index is 278. The summed E-state index contributed by atoms with van der Waals surface area (Å²) in [7, 11) is -1.23. The summed E-state index contributed by atoms with van der Waals surface area (Å²) in [4.78, 5) is 10.5. The molecule has 0 aliphatic rings. The molecule has 0 bridgehead atoms. The first kappa shape index (κ1) is 7.93. The Kier molecular flexibility index (Phi) is 2.04. The van der Waals surface area contributed by atoms with E-state index in [1.165, 1.54) is 22.6 Å². The van der Waals surface area contributed by atoms with Crippen LogP contribution in [0.5, 0.6) is 0 Å². The van der Waals surface area contributed by atoms with E-state index < -0.39 is 16.9 Å². The van der Waals surface area contributed by atoms with Crippen molar-refractivity contribution in [2.24, 2.45) is 5.73 Å². The molecule has 2 N–H and O–H groups in total. The zero-order valence-electron chi connectivity index (χ0n) is 5.85. The average molecular weight is 173 g/mol. The van der Waals surface area contributed by atoms with Crippen molar-refractivity contribution in [3.05, 3.63) is 18.0 Å². The minimum atomic E-state index is -1.23. The number of hydrogen-bond donors (Lipinski definition) is 1. The van der Waals surface area contributed by atoms with Gasteiger partial charge in [-0.05, 0) is 6.07 Å². The highest BCUT2D eigenvalue weighted by Gasteiger charge is 2.04. The molecule has 0 saturated heterocycles. The second-order valence-corrected chi connectivity index (χ2v) is 3.11. The summed E-state index contributed by atoms with van der Waals surface area (Å²) < 4.78 is 11.9. The van der Waals surface area contributed by atoms with Gasteiger partial charge < -0.3 is 5.73 Å². The Labute approximate surface area is 65.8 Å². The molecule has 0 radical (unpaired) electrons. The molecule has 0 spiro atoms. The highest BCUT2D eigenvalue weighted by molar-refractivity contribution is 7.82. The molecule has 5 nitrogen and oxygen atoms in total. The Balaban J connectivity index is 2.99. The average Bonchev–Trinajstić information content (AvgIpc) is 2.33. The molecule has 6 heteroatoms. The van der Waals surface area contributed by atoms with Crippen molar-refractivity contribution in [1.82, 2.24) is 9.19 Å². The minimum absolute atomic E-state index is 0.125. The highest BCUT2D eigenvalue weighted by Crippen LogP contribution is 1.94. The number of nitrogens with two attached hydrogens (primary N) is 1. The van der Waals surface area contributed by atoms with Crippen molar-refractivity contribution < 1.29 is 9.00 Å². The van der Waals surface area contributed by atoms with Crippen LogP contribution in [0.15, 0.2) is 12.3 Å². The number of carbonyl (C=O) groups excluding carboxylic acids is 1. The summed E-state index contributed by atoms with van der Waals surface area (Å²) in [5.74, 6) is -0.616. The van der Waals surface area contributed by atoms with E-state index in [2.05, 4.69) is 5.10 Å². The molecule has 11 heavy (non-hydrogen) atoms. The van der Waals surface area contributed by atoms with E-state index >= 15 is 0 Å². The third kappa shape index (κ3) is 1.64. The minimum Gasteiger partial charge on any atom is -0.364 e. The standard InChI is InChI=1S/C5H7N3O2S/c1-11(10)8-3-2-4(7-8)5(6)9/h2-3H,1H3,(H2,6,9). The molecular formula is C5H7N3O2S. The first-order valence-electron chi connectivity index (χ1n) is 2.80. The van der Waals surface area contributed by atoms with Crippen molar-refractivity contribution in [1.29, 1.82) is 0 Å². The van der Waals surface area contributed by atoms with Gasteiger partial charge in [0.2, 0.25) is 0 Å². The van der Waals surface area contributed by atoms with Gasteiger partial charge in [-0.1, -0.05) is 0 Å². The maximum Gasteiger partial charge on any atom is 0.269 e. The lowest BCUT2D eigenvalue weighted by Gasteiger charge is -1.90. The summed E-state index contributed by atoms with van der Waals surface area (Å²) >= 11 is 0. The van der Waals surface area contributed by atoms with Crippen LogP contribution in [0.3, 0.4) is 0 Å². The van der Waals surface area contributed by atoms with E-state index in [1.807, 2.05) is 0 Å². The molecular weight excluding hydrogens is 166 g/mol. The Morgan fingerprint density at radius 3 is 2.73 bits per heavy atom.